The summed E-state index contributed by atoms with van der Waals surface area (Å²) >= 11 is 0. The summed E-state index contributed by atoms with van der Waals surface area (Å²) in [6.07, 6.45) is -1.99. The quantitative estimate of drug-likeness (QED) is 0.518. The number of halogens is 3. The molecule has 10 nitrogen and oxygen atoms in total. The summed E-state index contributed by atoms with van der Waals surface area (Å²) in [6.45, 7) is 9.41. The lowest BCUT2D eigenvalue weighted by molar-refractivity contribution is -0.136. The number of carbonyl (C=O) groups excluding carboxylic acids is 1. The molecule has 190 valence electrons. The molecule has 0 aliphatic carbocycles. The minimum atomic E-state index is -4.71. The fourth-order valence-corrected chi connectivity index (χ4v) is 4.19. The Bertz CT molecular complexity index is 1340. The molecular weight excluding hydrogens is 477 g/mol. The van der Waals surface area contributed by atoms with Crippen molar-refractivity contribution in [3.8, 4) is 11.9 Å². The van der Waals surface area contributed by atoms with E-state index in [1.54, 1.807) is 37.5 Å². The monoisotopic (exact) mass is 502 g/mol. The predicted molar refractivity (Wildman–Crippen MR) is 123 cm³/mol. The Balaban J connectivity index is 1.79. The summed E-state index contributed by atoms with van der Waals surface area (Å²) in [5.74, 6) is 0.173. The summed E-state index contributed by atoms with van der Waals surface area (Å²) in [7, 11) is 0. The third-order valence-electron chi connectivity index (χ3n) is 5.77. The Kier molecular flexibility index (Phi) is 6.24. The largest absolute Gasteiger partial charge is 0.444 e. The van der Waals surface area contributed by atoms with Crippen molar-refractivity contribution in [1.82, 2.24) is 29.4 Å². The van der Waals surface area contributed by atoms with Crippen molar-refractivity contribution in [3.63, 3.8) is 0 Å². The Labute approximate surface area is 205 Å². The van der Waals surface area contributed by atoms with Gasteiger partial charge in [-0.25, -0.2) is 24.7 Å². The van der Waals surface area contributed by atoms with Gasteiger partial charge in [0, 0.05) is 37.4 Å². The molecule has 4 heterocycles. The van der Waals surface area contributed by atoms with Crippen LogP contribution >= 0.6 is 0 Å². The van der Waals surface area contributed by atoms with E-state index in [1.807, 2.05) is 13.0 Å². The zero-order chi connectivity index (χ0) is 26.4. The number of nitriles is 1. The fourth-order valence-electron chi connectivity index (χ4n) is 4.19. The first kappa shape index (κ1) is 25.2. The van der Waals surface area contributed by atoms with Crippen molar-refractivity contribution < 1.29 is 22.7 Å². The van der Waals surface area contributed by atoms with Crippen LogP contribution in [-0.4, -0.2) is 66.3 Å². The van der Waals surface area contributed by atoms with Gasteiger partial charge in [0.2, 0.25) is 0 Å². The summed E-state index contributed by atoms with van der Waals surface area (Å²) in [5, 5.41) is 8.96. The summed E-state index contributed by atoms with van der Waals surface area (Å²) in [6, 6.07) is 2.43. The van der Waals surface area contributed by atoms with Crippen LogP contribution in [0.2, 0.25) is 0 Å². The number of hydrogen-bond donors (Lipinski definition) is 0. The number of alkyl halides is 3. The molecule has 2 unspecified atom stereocenters. The lowest BCUT2D eigenvalue weighted by atomic mass is 10.1. The zero-order valence-corrected chi connectivity index (χ0v) is 20.4. The molecule has 3 aromatic rings. The van der Waals surface area contributed by atoms with Crippen molar-refractivity contribution >= 4 is 22.9 Å². The average Bonchev–Trinajstić information content (AvgIpc) is 3.20. The van der Waals surface area contributed by atoms with Crippen molar-refractivity contribution in [2.45, 2.75) is 58.5 Å². The Hall–Kier alpha value is -3.95. The number of nitrogens with zero attached hydrogens (tertiary/aromatic N) is 8. The van der Waals surface area contributed by atoms with Crippen LogP contribution < -0.4 is 4.90 Å². The Morgan fingerprint density at radius 1 is 1.08 bits per heavy atom. The van der Waals surface area contributed by atoms with Gasteiger partial charge in [-0.05, 0) is 34.6 Å². The number of carbonyl (C=O) groups is 1. The van der Waals surface area contributed by atoms with Crippen LogP contribution in [0, 0.1) is 11.3 Å². The van der Waals surface area contributed by atoms with E-state index in [0.29, 0.717) is 0 Å². The normalized spacial score (nSPS) is 18.9. The summed E-state index contributed by atoms with van der Waals surface area (Å²) < 4.78 is 49.3. The topological polar surface area (TPSA) is 113 Å². The number of fused-ring (bicyclic) bond motifs is 1. The molecule has 3 aromatic heterocycles. The molecule has 1 amide bonds. The van der Waals surface area contributed by atoms with Crippen LogP contribution in [0.3, 0.4) is 0 Å². The molecule has 1 aliphatic rings. The van der Waals surface area contributed by atoms with Crippen LogP contribution in [-0.2, 0) is 10.9 Å². The molecule has 0 saturated carbocycles. The van der Waals surface area contributed by atoms with Crippen molar-refractivity contribution in [3.05, 3.63) is 36.2 Å². The van der Waals surface area contributed by atoms with Gasteiger partial charge in [0.05, 0.1) is 10.9 Å². The van der Waals surface area contributed by atoms with Crippen LogP contribution in [0.4, 0.5) is 23.8 Å². The first-order chi connectivity index (χ1) is 16.8. The van der Waals surface area contributed by atoms with Gasteiger partial charge in [-0.15, -0.1) is 0 Å². The highest BCUT2D eigenvalue weighted by atomic mass is 19.4. The predicted octanol–water partition coefficient (Wildman–Crippen LogP) is 3.94. The van der Waals surface area contributed by atoms with Gasteiger partial charge in [-0.2, -0.15) is 18.4 Å². The maximum Gasteiger partial charge on any atom is 0.418 e. The van der Waals surface area contributed by atoms with E-state index in [0.717, 1.165) is 12.5 Å². The van der Waals surface area contributed by atoms with E-state index >= 15 is 0 Å². The van der Waals surface area contributed by atoms with E-state index in [-0.39, 0.29) is 53.5 Å². The van der Waals surface area contributed by atoms with E-state index in [4.69, 9.17) is 10.00 Å². The Morgan fingerprint density at radius 3 is 2.42 bits per heavy atom. The van der Waals surface area contributed by atoms with E-state index in [1.165, 1.54) is 17.0 Å². The number of anilines is 1. The first-order valence-electron chi connectivity index (χ1n) is 11.2. The molecule has 1 saturated heterocycles. The zero-order valence-electron chi connectivity index (χ0n) is 20.4. The number of rotatable bonds is 2. The lowest BCUT2D eigenvalue weighted by Crippen LogP contribution is -2.59. The van der Waals surface area contributed by atoms with Gasteiger partial charge in [0.25, 0.3) is 0 Å². The van der Waals surface area contributed by atoms with Gasteiger partial charge in [-0.1, -0.05) is 0 Å². The van der Waals surface area contributed by atoms with Crippen molar-refractivity contribution in [2.75, 3.05) is 18.0 Å². The van der Waals surface area contributed by atoms with Crippen LogP contribution in [0.15, 0.2) is 24.9 Å². The first-order valence-corrected chi connectivity index (χ1v) is 11.2. The van der Waals surface area contributed by atoms with Gasteiger partial charge in [-0.3, -0.25) is 4.57 Å². The molecule has 13 heteroatoms. The van der Waals surface area contributed by atoms with Gasteiger partial charge >= 0.3 is 12.3 Å². The highest BCUT2D eigenvalue weighted by Gasteiger charge is 2.40. The second-order valence-electron chi connectivity index (χ2n) is 9.66. The molecule has 1 fully saturated rings. The molecule has 2 atom stereocenters. The van der Waals surface area contributed by atoms with Crippen LogP contribution in [0.5, 0.6) is 0 Å². The van der Waals surface area contributed by atoms with Gasteiger partial charge < -0.3 is 14.5 Å². The van der Waals surface area contributed by atoms with Gasteiger partial charge in [0.15, 0.2) is 5.65 Å². The molecule has 0 aromatic carbocycles. The molecular formula is C23H25F3N8O2. The smallest absolute Gasteiger partial charge is 0.418 e. The van der Waals surface area contributed by atoms with Crippen LogP contribution in [0.25, 0.3) is 16.9 Å². The second kappa shape index (κ2) is 8.92. The van der Waals surface area contributed by atoms with E-state index in [2.05, 4.69) is 19.9 Å². The van der Waals surface area contributed by atoms with E-state index < -0.39 is 23.4 Å². The number of ether oxygens (including phenoxy) is 1. The number of aromatic nitrogens is 5. The number of piperazine rings is 1. The molecule has 1 aliphatic heterocycles. The number of amides is 1. The fraction of sp³-hybridized carbons (Fsp3) is 0.478. The third kappa shape index (κ3) is 4.75. The maximum absolute atomic E-state index is 14.2. The minimum Gasteiger partial charge on any atom is -0.444 e. The molecule has 36 heavy (non-hydrogen) atoms. The van der Waals surface area contributed by atoms with Crippen LogP contribution in [0.1, 0.15) is 45.9 Å². The molecule has 0 radical (unpaired) electrons. The third-order valence-corrected chi connectivity index (χ3v) is 5.77. The van der Waals surface area contributed by atoms with Crippen molar-refractivity contribution in [2.24, 2.45) is 0 Å². The highest BCUT2D eigenvalue weighted by Crippen LogP contribution is 2.41. The standard InChI is InChI=1S/C23H25F3N8O2/c1-13-9-33(21(35)36-22(3,4)5)14(2)8-32(13)19-18-16(23(24,25)26)10-34(20(18)31-12-30-19)17-6-15(7-27)28-11-29-17/h6,10-14H,8-9H2,1-5H3. The summed E-state index contributed by atoms with van der Waals surface area (Å²) in [4.78, 5) is 32.2. The Morgan fingerprint density at radius 2 is 1.78 bits per heavy atom. The van der Waals surface area contributed by atoms with Crippen molar-refractivity contribution in [1.29, 1.82) is 5.26 Å². The summed E-state index contributed by atoms with van der Waals surface area (Å²) in [5.41, 5.74) is -1.61. The molecule has 4 rings (SSSR count). The number of hydrogen-bond acceptors (Lipinski definition) is 8. The van der Waals surface area contributed by atoms with E-state index in [9.17, 15) is 18.0 Å². The second-order valence-corrected chi connectivity index (χ2v) is 9.66. The molecule has 0 spiro atoms. The average molecular weight is 503 g/mol. The highest BCUT2D eigenvalue weighted by molar-refractivity contribution is 5.93. The maximum atomic E-state index is 14.2. The SMILES string of the molecule is CC1CN(c2ncnc3c2c(C(F)(F)F)cn3-c2cc(C#N)ncn2)C(C)CN1C(=O)OC(C)(C)C. The molecule has 0 bridgehead atoms. The van der Waals surface area contributed by atoms with Gasteiger partial charge in [0.1, 0.15) is 41.7 Å². The minimum absolute atomic E-state index is 0.00500. The lowest BCUT2D eigenvalue weighted by Gasteiger charge is -2.44. The molecule has 0 N–H and O–H groups in total.